The topological polar surface area (TPSA) is 33.5 Å². The molecule has 0 atom stereocenters. The van der Waals surface area contributed by atoms with E-state index in [9.17, 15) is 0 Å². The van der Waals surface area contributed by atoms with Crippen LogP contribution in [0.25, 0.3) is 22.3 Å². The molecule has 0 spiro atoms. The number of hydrogen-bond acceptors (Lipinski definition) is 2. The number of pyridine rings is 4. The lowest BCUT2D eigenvalue weighted by Crippen LogP contribution is -3.00. The third-order valence-corrected chi connectivity index (χ3v) is 4.64. The Morgan fingerprint density at radius 1 is 0.483 bits per heavy atom. The van der Waals surface area contributed by atoms with Crippen LogP contribution in [-0.2, 0) is 13.1 Å². The van der Waals surface area contributed by atoms with E-state index in [-0.39, 0.29) is 48.0 Å². The molecule has 0 unspecified atom stereocenters. The lowest BCUT2D eigenvalue weighted by atomic mass is 10.1. The van der Waals surface area contributed by atoms with Crippen molar-refractivity contribution in [2.45, 2.75) is 19.5 Å². The fourth-order valence-electron chi connectivity index (χ4n) is 3.12. The molecule has 0 radical (unpaired) electrons. The molecule has 4 aromatic rings. The summed E-state index contributed by atoms with van der Waals surface area (Å²) >= 11 is 0. The summed E-state index contributed by atoms with van der Waals surface area (Å²) in [6.07, 6.45) is 17.0. The first-order valence-electron chi connectivity index (χ1n) is 9.17. The molecular formula is C23H22I2N4. The molecule has 0 N–H and O–H groups in total. The first kappa shape index (κ1) is 23.3. The van der Waals surface area contributed by atoms with Gasteiger partial charge in [-0.2, -0.15) is 0 Å². The van der Waals surface area contributed by atoms with Crippen molar-refractivity contribution >= 4 is 0 Å². The van der Waals surface area contributed by atoms with Crippen molar-refractivity contribution in [2.75, 3.05) is 0 Å². The number of nitrogens with zero attached hydrogens (tertiary/aromatic N) is 4. The highest BCUT2D eigenvalue weighted by atomic mass is 127. The van der Waals surface area contributed by atoms with Crippen molar-refractivity contribution in [3.63, 3.8) is 0 Å². The normalized spacial score (nSPS) is 9.93. The molecule has 4 rings (SSSR count). The largest absolute Gasteiger partial charge is 1.00 e. The van der Waals surface area contributed by atoms with Crippen LogP contribution in [0.1, 0.15) is 6.42 Å². The van der Waals surface area contributed by atoms with Gasteiger partial charge in [-0.1, -0.05) is 0 Å². The highest BCUT2D eigenvalue weighted by Crippen LogP contribution is 2.16. The monoisotopic (exact) mass is 608 g/mol. The van der Waals surface area contributed by atoms with E-state index in [0.717, 1.165) is 19.5 Å². The van der Waals surface area contributed by atoms with Crippen LogP contribution in [0, 0.1) is 0 Å². The summed E-state index contributed by atoms with van der Waals surface area (Å²) in [5, 5.41) is 0. The van der Waals surface area contributed by atoms with Crippen LogP contribution in [-0.4, -0.2) is 9.97 Å². The molecule has 0 aliphatic carbocycles. The molecule has 0 saturated carbocycles. The summed E-state index contributed by atoms with van der Waals surface area (Å²) < 4.78 is 4.47. The number of hydrogen-bond donors (Lipinski definition) is 0. The minimum absolute atomic E-state index is 0. The summed E-state index contributed by atoms with van der Waals surface area (Å²) in [6, 6.07) is 16.8. The SMILES string of the molecule is [I-].[I-].c1cc(-c2cc[n+](CCC[n+]3ccc(-c4ccncc4)cc3)cc2)ccn1. The molecule has 0 saturated heterocycles. The summed E-state index contributed by atoms with van der Waals surface area (Å²) in [6.45, 7) is 1.99. The van der Waals surface area contributed by atoms with Crippen LogP contribution in [0.4, 0.5) is 0 Å². The maximum absolute atomic E-state index is 4.07. The number of rotatable bonds is 6. The number of aromatic nitrogens is 4. The van der Waals surface area contributed by atoms with Gasteiger partial charge in [-0.3, -0.25) is 9.97 Å². The van der Waals surface area contributed by atoms with Gasteiger partial charge in [0.15, 0.2) is 37.9 Å². The smallest absolute Gasteiger partial charge is 0.169 e. The molecule has 148 valence electrons. The fraction of sp³-hybridized carbons (Fsp3) is 0.130. The second-order valence-corrected chi connectivity index (χ2v) is 6.47. The van der Waals surface area contributed by atoms with Crippen LogP contribution in [0.5, 0.6) is 0 Å². The molecule has 0 fully saturated rings. The van der Waals surface area contributed by atoms with E-state index in [1.54, 1.807) is 0 Å². The molecule has 4 nitrogen and oxygen atoms in total. The van der Waals surface area contributed by atoms with E-state index in [1.807, 2.05) is 49.1 Å². The molecule has 6 heteroatoms. The summed E-state index contributed by atoms with van der Waals surface area (Å²) in [5.74, 6) is 0. The van der Waals surface area contributed by atoms with Crippen LogP contribution in [0.2, 0.25) is 0 Å². The highest BCUT2D eigenvalue weighted by Gasteiger charge is 2.06. The van der Waals surface area contributed by atoms with Crippen molar-refractivity contribution in [3.05, 3.63) is 98.1 Å². The van der Waals surface area contributed by atoms with Gasteiger partial charge in [0.05, 0.1) is 6.42 Å². The average Bonchev–Trinajstić information content (AvgIpc) is 2.76. The predicted octanol–water partition coefficient (Wildman–Crippen LogP) is -2.52. The van der Waals surface area contributed by atoms with Gasteiger partial charge in [-0.25, -0.2) is 9.13 Å². The molecule has 4 heterocycles. The minimum atomic E-state index is 0. The van der Waals surface area contributed by atoms with Crippen molar-refractivity contribution in [1.82, 2.24) is 9.97 Å². The van der Waals surface area contributed by atoms with E-state index in [2.05, 4.69) is 68.2 Å². The standard InChI is InChI=1S/C23H22N4.2HI/c1(14-26-16-6-22(7-17-26)20-2-10-24-11-3-20)15-27-18-8-23(9-19-27)21-4-12-25-13-5-21;;/h2-13,16-19H,1,14-15H2;2*1H/q+2;;/p-2. The van der Waals surface area contributed by atoms with E-state index in [4.69, 9.17) is 0 Å². The fourth-order valence-corrected chi connectivity index (χ4v) is 3.12. The first-order valence-corrected chi connectivity index (χ1v) is 9.17. The van der Waals surface area contributed by atoms with E-state index in [1.165, 1.54) is 22.3 Å². The first-order chi connectivity index (χ1) is 13.4. The van der Waals surface area contributed by atoms with Crippen molar-refractivity contribution in [2.24, 2.45) is 0 Å². The minimum Gasteiger partial charge on any atom is -1.00 e. The van der Waals surface area contributed by atoms with Crippen LogP contribution >= 0.6 is 0 Å². The Hall–Kier alpha value is -1.94. The number of halogens is 2. The number of aryl methyl sites for hydroxylation is 2. The second-order valence-electron chi connectivity index (χ2n) is 6.47. The van der Waals surface area contributed by atoms with Gasteiger partial charge in [-0.15, -0.1) is 0 Å². The molecule has 0 amide bonds. The third-order valence-electron chi connectivity index (χ3n) is 4.64. The van der Waals surface area contributed by atoms with E-state index in [0.29, 0.717) is 0 Å². The average molecular weight is 608 g/mol. The van der Waals surface area contributed by atoms with Crippen molar-refractivity contribution in [3.8, 4) is 22.3 Å². The third kappa shape index (κ3) is 6.53. The van der Waals surface area contributed by atoms with Crippen LogP contribution in [0.3, 0.4) is 0 Å². The summed E-state index contributed by atoms with van der Waals surface area (Å²) in [7, 11) is 0. The maximum Gasteiger partial charge on any atom is 0.169 e. The van der Waals surface area contributed by atoms with Crippen molar-refractivity contribution in [1.29, 1.82) is 0 Å². The second kappa shape index (κ2) is 11.9. The molecule has 0 aliphatic heterocycles. The van der Waals surface area contributed by atoms with E-state index < -0.39 is 0 Å². The Balaban J connectivity index is 0.00000150. The van der Waals surface area contributed by atoms with Crippen LogP contribution in [0.15, 0.2) is 98.1 Å². The molecule has 0 aromatic carbocycles. The van der Waals surface area contributed by atoms with Crippen molar-refractivity contribution < 1.29 is 57.1 Å². The zero-order valence-electron chi connectivity index (χ0n) is 15.9. The van der Waals surface area contributed by atoms with Gasteiger partial charge in [-0.05, 0) is 46.5 Å². The summed E-state index contributed by atoms with van der Waals surface area (Å²) in [4.78, 5) is 8.14. The zero-order chi connectivity index (χ0) is 18.3. The molecule has 0 aliphatic rings. The Kier molecular flexibility index (Phi) is 9.59. The van der Waals surface area contributed by atoms with Gasteiger partial charge in [0.2, 0.25) is 0 Å². The van der Waals surface area contributed by atoms with Gasteiger partial charge < -0.3 is 48.0 Å². The Morgan fingerprint density at radius 3 is 1.14 bits per heavy atom. The molecule has 0 bridgehead atoms. The molecule has 29 heavy (non-hydrogen) atoms. The zero-order valence-corrected chi connectivity index (χ0v) is 20.2. The van der Waals surface area contributed by atoms with Gasteiger partial charge in [0.25, 0.3) is 0 Å². The Morgan fingerprint density at radius 2 is 0.793 bits per heavy atom. The lowest BCUT2D eigenvalue weighted by Gasteiger charge is -2.01. The molecular weight excluding hydrogens is 586 g/mol. The Labute approximate surface area is 205 Å². The van der Waals surface area contributed by atoms with Gasteiger partial charge >= 0.3 is 0 Å². The quantitative estimate of drug-likeness (QED) is 0.179. The highest BCUT2D eigenvalue weighted by molar-refractivity contribution is 5.61. The molecule has 4 aromatic heterocycles. The summed E-state index contributed by atoms with van der Waals surface area (Å²) in [5.41, 5.74) is 4.83. The maximum atomic E-state index is 4.07. The van der Waals surface area contributed by atoms with Crippen LogP contribution < -0.4 is 57.1 Å². The predicted molar refractivity (Wildman–Crippen MR) is 104 cm³/mol. The van der Waals surface area contributed by atoms with Gasteiger partial charge in [0, 0.05) is 49.1 Å². The van der Waals surface area contributed by atoms with E-state index >= 15 is 0 Å². The lowest BCUT2D eigenvalue weighted by molar-refractivity contribution is -0.726. The Bertz CT molecular complexity index is 894. The van der Waals surface area contributed by atoms with Gasteiger partial charge in [0.1, 0.15) is 0 Å².